The molecule has 1 atom stereocenters. The molecule has 1 heterocycles. The van der Waals surface area contributed by atoms with Gasteiger partial charge in [-0.2, -0.15) is 0 Å². The van der Waals surface area contributed by atoms with Crippen LogP contribution in [0.15, 0.2) is 4.99 Å². The Morgan fingerprint density at radius 1 is 1.67 bits per heavy atom. The lowest BCUT2D eigenvalue weighted by Gasteiger charge is -2.14. The van der Waals surface area contributed by atoms with E-state index >= 15 is 0 Å². The van der Waals surface area contributed by atoms with Crippen molar-refractivity contribution in [2.45, 2.75) is 32.2 Å². The molecule has 2 nitrogen and oxygen atoms in total. The molecule has 0 radical (unpaired) electrons. The molecule has 0 unspecified atom stereocenters. The number of methoxy groups -OCH3 is 1. The smallest absolute Gasteiger partial charge is 0.183 e. The van der Waals surface area contributed by atoms with Crippen LogP contribution in [0.5, 0.6) is 0 Å². The summed E-state index contributed by atoms with van der Waals surface area (Å²) in [6.07, 6.45) is 3.47. The lowest BCUT2D eigenvalue weighted by Crippen LogP contribution is -2.13. The Morgan fingerprint density at radius 2 is 2.44 bits per heavy atom. The Morgan fingerprint density at radius 3 is 2.89 bits per heavy atom. The van der Waals surface area contributed by atoms with Crippen LogP contribution in [0.25, 0.3) is 0 Å². The van der Waals surface area contributed by atoms with E-state index in [0.717, 1.165) is 12.3 Å². The number of ether oxygens (including phenoxy) is 1. The van der Waals surface area contributed by atoms with E-state index < -0.39 is 0 Å². The summed E-state index contributed by atoms with van der Waals surface area (Å²) in [5.74, 6) is 0.925. The van der Waals surface area contributed by atoms with E-state index in [-0.39, 0.29) is 0 Å². The predicted molar refractivity (Wildman–Crippen MR) is 37.8 cm³/mol. The third-order valence-corrected chi connectivity index (χ3v) is 1.61. The standard InChI is InChI=1S/C7H13NO/c1-6-4-3-5-7(8-6)9-2/h6H,3-5H2,1-2H3/t6-/m1/s1. The van der Waals surface area contributed by atoms with E-state index in [0.29, 0.717) is 6.04 Å². The molecule has 52 valence electrons. The fourth-order valence-corrected chi connectivity index (χ4v) is 1.08. The van der Waals surface area contributed by atoms with Crippen LogP contribution in [-0.4, -0.2) is 19.0 Å². The van der Waals surface area contributed by atoms with Crippen LogP contribution in [0.2, 0.25) is 0 Å². The fourth-order valence-electron chi connectivity index (χ4n) is 1.08. The Balaban J connectivity index is 2.49. The van der Waals surface area contributed by atoms with Gasteiger partial charge in [0, 0.05) is 6.42 Å². The van der Waals surface area contributed by atoms with Gasteiger partial charge >= 0.3 is 0 Å². The molecule has 0 fully saturated rings. The number of rotatable bonds is 0. The molecule has 0 aromatic carbocycles. The van der Waals surface area contributed by atoms with E-state index in [1.165, 1.54) is 12.8 Å². The van der Waals surface area contributed by atoms with Gasteiger partial charge in [0.25, 0.3) is 0 Å². The molecule has 1 rings (SSSR count). The van der Waals surface area contributed by atoms with Crippen molar-refractivity contribution in [1.29, 1.82) is 0 Å². The van der Waals surface area contributed by atoms with Gasteiger partial charge in [-0.15, -0.1) is 0 Å². The molecule has 0 aromatic heterocycles. The molecule has 0 bridgehead atoms. The highest BCUT2D eigenvalue weighted by Crippen LogP contribution is 2.12. The van der Waals surface area contributed by atoms with Crippen molar-refractivity contribution >= 4 is 5.90 Å². The molecule has 9 heavy (non-hydrogen) atoms. The maximum absolute atomic E-state index is 5.01. The normalized spacial score (nSPS) is 27.3. The monoisotopic (exact) mass is 127 g/mol. The van der Waals surface area contributed by atoms with Crippen LogP contribution < -0.4 is 0 Å². The number of hydrogen-bond acceptors (Lipinski definition) is 2. The van der Waals surface area contributed by atoms with Gasteiger partial charge in [-0.05, 0) is 19.8 Å². The zero-order valence-corrected chi connectivity index (χ0v) is 6.05. The minimum Gasteiger partial charge on any atom is -0.484 e. The molecule has 1 aliphatic heterocycles. The maximum Gasteiger partial charge on any atom is 0.183 e. The molecule has 0 saturated carbocycles. The summed E-state index contributed by atoms with van der Waals surface area (Å²) in [4.78, 5) is 4.30. The van der Waals surface area contributed by atoms with Crippen LogP contribution in [-0.2, 0) is 4.74 Å². The summed E-state index contributed by atoms with van der Waals surface area (Å²) < 4.78 is 5.01. The van der Waals surface area contributed by atoms with Crippen molar-refractivity contribution in [3.63, 3.8) is 0 Å². The minimum absolute atomic E-state index is 0.480. The van der Waals surface area contributed by atoms with Crippen molar-refractivity contribution in [2.24, 2.45) is 4.99 Å². The summed E-state index contributed by atoms with van der Waals surface area (Å²) in [5.41, 5.74) is 0. The van der Waals surface area contributed by atoms with Gasteiger partial charge in [0.1, 0.15) is 0 Å². The summed E-state index contributed by atoms with van der Waals surface area (Å²) in [6, 6.07) is 0.480. The largest absolute Gasteiger partial charge is 0.484 e. The van der Waals surface area contributed by atoms with E-state index in [2.05, 4.69) is 11.9 Å². The number of nitrogens with zero attached hydrogens (tertiary/aromatic N) is 1. The van der Waals surface area contributed by atoms with E-state index in [9.17, 15) is 0 Å². The van der Waals surface area contributed by atoms with Crippen LogP contribution in [0, 0.1) is 0 Å². The lowest BCUT2D eigenvalue weighted by atomic mass is 10.1. The summed E-state index contributed by atoms with van der Waals surface area (Å²) in [7, 11) is 1.69. The zero-order valence-electron chi connectivity index (χ0n) is 6.05. The SMILES string of the molecule is COC1=N[C@H](C)CCC1. The third kappa shape index (κ3) is 1.70. The fraction of sp³-hybridized carbons (Fsp3) is 0.857. The number of aliphatic imine (C=N–C) groups is 1. The highest BCUT2D eigenvalue weighted by Gasteiger charge is 2.09. The summed E-state index contributed by atoms with van der Waals surface area (Å²) in [5, 5.41) is 0. The first kappa shape index (κ1) is 6.59. The van der Waals surface area contributed by atoms with Gasteiger partial charge in [-0.3, -0.25) is 4.99 Å². The highest BCUT2D eigenvalue weighted by molar-refractivity contribution is 5.76. The maximum atomic E-state index is 5.01. The predicted octanol–water partition coefficient (Wildman–Crippen LogP) is 1.60. The molecule has 1 aliphatic rings. The lowest BCUT2D eigenvalue weighted by molar-refractivity contribution is 0.370. The number of hydrogen-bond donors (Lipinski definition) is 0. The van der Waals surface area contributed by atoms with Crippen molar-refractivity contribution < 1.29 is 4.74 Å². The molecule has 0 aliphatic carbocycles. The Hall–Kier alpha value is -0.530. The first-order chi connectivity index (χ1) is 4.33. The Bertz CT molecular complexity index is 120. The quantitative estimate of drug-likeness (QED) is 0.484. The second kappa shape index (κ2) is 2.85. The Labute approximate surface area is 55.9 Å². The Kier molecular flexibility index (Phi) is 2.09. The van der Waals surface area contributed by atoms with E-state index in [4.69, 9.17) is 4.74 Å². The molecule has 2 heteroatoms. The van der Waals surface area contributed by atoms with Crippen LogP contribution in [0.1, 0.15) is 26.2 Å². The van der Waals surface area contributed by atoms with Gasteiger partial charge in [-0.1, -0.05) is 0 Å². The molecule has 0 amide bonds. The van der Waals surface area contributed by atoms with Gasteiger partial charge < -0.3 is 4.74 Å². The molecule has 0 aromatic rings. The first-order valence-electron chi connectivity index (χ1n) is 3.43. The van der Waals surface area contributed by atoms with E-state index in [1.807, 2.05) is 0 Å². The van der Waals surface area contributed by atoms with Crippen LogP contribution in [0.4, 0.5) is 0 Å². The molecule has 0 saturated heterocycles. The van der Waals surface area contributed by atoms with Crippen molar-refractivity contribution in [2.75, 3.05) is 7.11 Å². The van der Waals surface area contributed by atoms with Gasteiger partial charge in [0.2, 0.25) is 0 Å². The second-order valence-electron chi connectivity index (χ2n) is 2.47. The van der Waals surface area contributed by atoms with Crippen molar-refractivity contribution in [3.05, 3.63) is 0 Å². The van der Waals surface area contributed by atoms with E-state index in [1.54, 1.807) is 7.11 Å². The van der Waals surface area contributed by atoms with Crippen molar-refractivity contribution in [3.8, 4) is 0 Å². The minimum atomic E-state index is 0.480. The topological polar surface area (TPSA) is 21.6 Å². The summed E-state index contributed by atoms with van der Waals surface area (Å²) >= 11 is 0. The van der Waals surface area contributed by atoms with Crippen molar-refractivity contribution in [1.82, 2.24) is 0 Å². The second-order valence-corrected chi connectivity index (χ2v) is 2.47. The molecule has 0 N–H and O–H groups in total. The highest BCUT2D eigenvalue weighted by atomic mass is 16.5. The van der Waals surface area contributed by atoms with Crippen LogP contribution >= 0.6 is 0 Å². The van der Waals surface area contributed by atoms with Gasteiger partial charge in [-0.25, -0.2) is 0 Å². The average Bonchev–Trinajstić information content (AvgIpc) is 1.88. The average molecular weight is 127 g/mol. The third-order valence-electron chi connectivity index (χ3n) is 1.61. The molecular weight excluding hydrogens is 114 g/mol. The first-order valence-corrected chi connectivity index (χ1v) is 3.43. The summed E-state index contributed by atoms with van der Waals surface area (Å²) in [6.45, 7) is 2.12. The van der Waals surface area contributed by atoms with Crippen LogP contribution in [0.3, 0.4) is 0 Å². The zero-order chi connectivity index (χ0) is 6.69. The molecule has 0 spiro atoms. The van der Waals surface area contributed by atoms with Gasteiger partial charge in [0.05, 0.1) is 13.2 Å². The van der Waals surface area contributed by atoms with Gasteiger partial charge in [0.15, 0.2) is 5.90 Å². The molecular formula is C7H13NO.